The number of hydrogen-bond acceptors (Lipinski definition) is 9. The van der Waals surface area contributed by atoms with Gasteiger partial charge in [0.1, 0.15) is 4.70 Å². The number of halogens is 2. The van der Waals surface area contributed by atoms with Crippen molar-refractivity contribution < 1.29 is 64.8 Å². The molecule has 1 aliphatic heterocycles. The van der Waals surface area contributed by atoms with Gasteiger partial charge in [-0.2, -0.15) is 4.57 Å². The summed E-state index contributed by atoms with van der Waals surface area (Å²) in [7, 11) is -8.71. The Morgan fingerprint density at radius 2 is 1.68 bits per heavy atom. The van der Waals surface area contributed by atoms with Crippen LogP contribution in [0, 0.1) is 0 Å². The number of allylic oxidation sites excluding steroid dienone is 2. The van der Waals surface area contributed by atoms with Crippen LogP contribution in [0.3, 0.4) is 0 Å². The van der Waals surface area contributed by atoms with Crippen molar-refractivity contribution in [2.45, 2.75) is 32.7 Å². The van der Waals surface area contributed by atoms with E-state index in [1.807, 2.05) is 29.7 Å². The van der Waals surface area contributed by atoms with Crippen LogP contribution in [-0.4, -0.2) is 44.0 Å². The van der Waals surface area contributed by atoms with Crippen LogP contribution in [0.2, 0.25) is 10.0 Å². The van der Waals surface area contributed by atoms with Crippen LogP contribution >= 0.6 is 34.5 Å². The molecule has 15 heteroatoms. The maximum absolute atomic E-state index is 11.2. The average Bonchev–Trinajstić information content (AvgIpc) is 3.34. The minimum absolute atomic E-state index is 0. The second-order valence-corrected chi connectivity index (χ2v) is 13.8. The van der Waals surface area contributed by atoms with Crippen molar-refractivity contribution >= 4 is 76.8 Å². The van der Waals surface area contributed by atoms with Crippen LogP contribution in [0.15, 0.2) is 53.9 Å². The van der Waals surface area contributed by atoms with Gasteiger partial charge in [-0.25, -0.2) is 16.8 Å². The van der Waals surface area contributed by atoms with E-state index in [0.717, 1.165) is 20.8 Å². The van der Waals surface area contributed by atoms with E-state index in [4.69, 9.17) is 27.9 Å². The number of anilines is 1. The van der Waals surface area contributed by atoms with Crippen LogP contribution in [0.25, 0.3) is 16.3 Å². The van der Waals surface area contributed by atoms with E-state index in [2.05, 4.69) is 0 Å². The summed E-state index contributed by atoms with van der Waals surface area (Å²) in [5.74, 6) is 0.0226. The Bertz CT molecular complexity index is 1670. The van der Waals surface area contributed by atoms with Crippen LogP contribution in [-0.2, 0) is 26.8 Å². The third-order valence-corrected chi connectivity index (χ3v) is 9.12. The van der Waals surface area contributed by atoms with Crippen molar-refractivity contribution in [1.82, 2.24) is 0 Å². The van der Waals surface area contributed by atoms with E-state index in [-0.39, 0.29) is 48.9 Å². The molecule has 1 aromatic heterocycles. The first-order valence-corrected chi connectivity index (χ1v) is 16.7. The predicted molar refractivity (Wildman–Crippen MR) is 151 cm³/mol. The number of hydrogen-bond donors (Lipinski definition) is 0. The Morgan fingerprint density at radius 3 is 2.35 bits per heavy atom. The summed E-state index contributed by atoms with van der Waals surface area (Å²) in [6, 6.07) is 10.6. The Morgan fingerprint density at radius 1 is 1.02 bits per heavy atom. The molecular weight excluding hydrogens is 630 g/mol. The van der Waals surface area contributed by atoms with Gasteiger partial charge in [0.15, 0.2) is 12.3 Å². The first-order chi connectivity index (χ1) is 18.3. The average molecular weight is 656 g/mol. The van der Waals surface area contributed by atoms with Gasteiger partial charge in [0.05, 0.1) is 25.9 Å². The largest absolute Gasteiger partial charge is 1.00 e. The number of ether oxygens (including phenoxy) is 1. The fourth-order valence-corrected chi connectivity index (χ4v) is 6.63. The van der Waals surface area contributed by atoms with Crippen LogP contribution in [0.5, 0.6) is 5.75 Å². The summed E-state index contributed by atoms with van der Waals surface area (Å²) in [6.45, 7) is 2.49. The third-order valence-electron chi connectivity index (χ3n) is 5.96. The summed E-state index contributed by atoms with van der Waals surface area (Å²) in [5.41, 5.74) is 2.36. The van der Waals surface area contributed by atoms with Gasteiger partial charge in [0, 0.05) is 52.7 Å². The first kappa shape index (κ1) is 33.3. The number of fused-ring (bicyclic) bond motifs is 2. The molecule has 0 aliphatic carbocycles. The minimum atomic E-state index is -4.37. The molecule has 0 N–H and O–H groups in total. The van der Waals surface area contributed by atoms with Gasteiger partial charge < -0.3 is 18.7 Å². The van der Waals surface area contributed by atoms with E-state index in [1.165, 1.54) is 11.3 Å². The van der Waals surface area contributed by atoms with Crippen molar-refractivity contribution in [3.05, 3.63) is 69.0 Å². The zero-order valence-corrected chi connectivity index (χ0v) is 27.8. The number of rotatable bonds is 11. The molecule has 210 valence electrons. The van der Waals surface area contributed by atoms with Crippen molar-refractivity contribution in [3.63, 3.8) is 0 Å². The number of nitrogens with zero attached hydrogens (tertiary/aromatic N) is 2. The zero-order chi connectivity index (χ0) is 28.4. The maximum atomic E-state index is 11.2. The molecular formula is C25H25Cl2N2NaO7S3. The standard InChI is InChI=1S/C25H26Cl2N2O7S3.Na/c1-2-17(13-24-28(9-3-11-38(30,31)32)20-15-18(26)5-7-22(20)36-24)14-25-29(10-4-12-39(33,34)35)21-16-19(27)6-8-23(21)37-25;/h5-8,13-16H,2-4,9-12H2,1H3,(H-,30,31,32,33,34,35);/q;+1/p-1. The molecule has 4 rings (SSSR count). The molecule has 0 spiro atoms. The summed E-state index contributed by atoms with van der Waals surface area (Å²) in [4.78, 5) is 1.79. The molecule has 1 aliphatic rings. The van der Waals surface area contributed by atoms with Crippen LogP contribution in [0.4, 0.5) is 5.69 Å². The van der Waals surface area contributed by atoms with Gasteiger partial charge in [-0.05, 0) is 48.7 Å². The third kappa shape index (κ3) is 8.90. The Balaban J connectivity index is 0.00000441. The van der Waals surface area contributed by atoms with Crippen molar-refractivity contribution in [3.8, 4) is 5.75 Å². The van der Waals surface area contributed by atoms with Gasteiger partial charge in [-0.3, -0.25) is 0 Å². The molecule has 0 saturated heterocycles. The Labute approximate surface area is 269 Å². The molecule has 0 radical (unpaired) electrons. The summed E-state index contributed by atoms with van der Waals surface area (Å²) >= 11 is 13.9. The summed E-state index contributed by atoms with van der Waals surface area (Å²) in [6.07, 6.45) is 4.65. The fourth-order valence-electron chi connectivity index (χ4n) is 4.19. The monoisotopic (exact) mass is 654 g/mol. The van der Waals surface area contributed by atoms with Crippen LogP contribution in [0.1, 0.15) is 31.2 Å². The Hall–Kier alpha value is -1.19. The van der Waals surface area contributed by atoms with Crippen molar-refractivity contribution in [2.24, 2.45) is 0 Å². The Kier molecular flexibility index (Phi) is 11.5. The van der Waals surface area contributed by atoms with Crippen molar-refractivity contribution in [2.75, 3.05) is 23.0 Å². The molecule has 3 aromatic rings. The minimum Gasteiger partial charge on any atom is -0.748 e. The quantitative estimate of drug-likeness (QED) is 0.174. The number of aromatic nitrogens is 1. The first-order valence-electron chi connectivity index (χ1n) is 12.0. The zero-order valence-electron chi connectivity index (χ0n) is 21.8. The van der Waals surface area contributed by atoms with Gasteiger partial charge in [0.2, 0.25) is 11.4 Å². The molecule has 40 heavy (non-hydrogen) atoms. The SMILES string of the molecule is CCC(/C=C1\Oc2ccc(Cl)cc2N1CCCS(=O)(=O)[O-])=C\c1sc2ccc(Cl)cc2[n+]1CCCS(=O)(=O)[O-].[Na+]. The van der Waals surface area contributed by atoms with Crippen molar-refractivity contribution in [1.29, 1.82) is 0 Å². The molecule has 0 fully saturated rings. The molecule has 0 bridgehead atoms. The fraction of sp³-hybridized carbons (Fsp3) is 0.320. The predicted octanol–water partition coefficient (Wildman–Crippen LogP) is 1.90. The van der Waals surface area contributed by atoms with Gasteiger partial charge in [-0.15, -0.1) is 0 Å². The molecule has 0 atom stereocenters. The summed E-state index contributed by atoms with van der Waals surface area (Å²) < 4.78 is 76.0. The van der Waals surface area contributed by atoms with Gasteiger partial charge >= 0.3 is 29.6 Å². The van der Waals surface area contributed by atoms with Gasteiger partial charge in [-0.1, -0.05) is 41.5 Å². The number of thiazole rings is 1. The van der Waals surface area contributed by atoms with E-state index >= 15 is 0 Å². The van der Waals surface area contributed by atoms with Crippen LogP contribution < -0.4 is 43.8 Å². The second-order valence-electron chi connectivity index (χ2n) is 8.86. The number of benzene rings is 2. The van der Waals surface area contributed by atoms with E-state index in [1.54, 1.807) is 35.2 Å². The van der Waals surface area contributed by atoms with E-state index in [9.17, 15) is 25.9 Å². The molecule has 0 amide bonds. The summed E-state index contributed by atoms with van der Waals surface area (Å²) in [5, 5.41) is 1.84. The second kappa shape index (κ2) is 13.9. The number of aryl methyl sites for hydroxylation is 1. The normalized spacial score (nSPS) is 14.9. The topological polar surface area (TPSA) is 131 Å². The molecule has 0 unspecified atom stereocenters. The smallest absolute Gasteiger partial charge is 0.748 e. The van der Waals surface area contributed by atoms with Gasteiger partial charge in [0.25, 0.3) is 5.01 Å². The van der Waals surface area contributed by atoms with E-state index < -0.39 is 31.7 Å². The maximum Gasteiger partial charge on any atom is 1.00 e. The molecule has 9 nitrogen and oxygen atoms in total. The molecule has 0 saturated carbocycles. The van der Waals surface area contributed by atoms with E-state index in [0.29, 0.717) is 40.3 Å². The molecule has 2 aromatic carbocycles. The molecule has 2 heterocycles.